The molecule has 1 rings (SSSR count). The van der Waals surface area contributed by atoms with Crippen molar-refractivity contribution < 1.29 is 4.74 Å². The maximum atomic E-state index is 5.95. The third-order valence-corrected chi connectivity index (χ3v) is 1.93. The summed E-state index contributed by atoms with van der Waals surface area (Å²) in [5.74, 6) is 0.591. The highest BCUT2D eigenvalue weighted by atomic mass is 35.5. The highest BCUT2D eigenvalue weighted by Crippen LogP contribution is 2.28. The second kappa shape index (κ2) is 4.16. The van der Waals surface area contributed by atoms with Crippen LogP contribution in [0.15, 0.2) is 30.7 Å². The van der Waals surface area contributed by atoms with Crippen LogP contribution in [0.1, 0.15) is 5.56 Å². The van der Waals surface area contributed by atoms with E-state index < -0.39 is 0 Å². The Kier molecular flexibility index (Phi) is 3.17. The van der Waals surface area contributed by atoms with Crippen molar-refractivity contribution in [3.8, 4) is 5.75 Å². The van der Waals surface area contributed by atoms with Crippen molar-refractivity contribution >= 4 is 11.6 Å². The fourth-order valence-corrected chi connectivity index (χ4v) is 1.18. The first-order valence-corrected chi connectivity index (χ1v) is 4.12. The quantitative estimate of drug-likeness (QED) is 0.726. The minimum absolute atomic E-state index is 0.107. The van der Waals surface area contributed by atoms with Crippen LogP contribution in [0.5, 0.6) is 5.75 Å². The van der Waals surface area contributed by atoms with Gasteiger partial charge in [-0.3, -0.25) is 0 Å². The van der Waals surface area contributed by atoms with Crippen LogP contribution in [0.25, 0.3) is 0 Å². The molecule has 0 atom stereocenters. The molecule has 1 aromatic rings. The van der Waals surface area contributed by atoms with E-state index in [4.69, 9.17) is 27.8 Å². The van der Waals surface area contributed by atoms with Crippen LogP contribution in [0.4, 0.5) is 0 Å². The Balaban J connectivity index is 3.01. The molecule has 1 aromatic carbocycles. The summed E-state index contributed by atoms with van der Waals surface area (Å²) in [6.45, 7) is 3.78. The van der Waals surface area contributed by atoms with E-state index in [9.17, 15) is 0 Å². The minimum Gasteiger partial charge on any atom is -0.441 e. The van der Waals surface area contributed by atoms with Crippen LogP contribution < -0.4 is 16.2 Å². The molecule has 0 saturated carbocycles. The summed E-state index contributed by atoms with van der Waals surface area (Å²) in [6.07, 6.45) is 0. The van der Waals surface area contributed by atoms with Gasteiger partial charge in [0.05, 0.1) is 5.02 Å². The SMILES string of the molecule is C=C(N)Oc1cccc(CN)c1Cl. The van der Waals surface area contributed by atoms with Gasteiger partial charge in [-0.15, -0.1) is 0 Å². The van der Waals surface area contributed by atoms with Crippen LogP contribution in [0.2, 0.25) is 5.02 Å². The van der Waals surface area contributed by atoms with Gasteiger partial charge in [0.1, 0.15) is 5.75 Å². The van der Waals surface area contributed by atoms with Crippen molar-refractivity contribution in [3.05, 3.63) is 41.2 Å². The maximum Gasteiger partial charge on any atom is 0.183 e. The first kappa shape index (κ1) is 9.89. The van der Waals surface area contributed by atoms with E-state index in [1.165, 1.54) is 0 Å². The van der Waals surface area contributed by atoms with Crippen LogP contribution >= 0.6 is 11.6 Å². The lowest BCUT2D eigenvalue weighted by Crippen LogP contribution is -2.05. The lowest BCUT2D eigenvalue weighted by molar-refractivity contribution is 0.422. The predicted molar refractivity (Wildman–Crippen MR) is 53.3 cm³/mol. The largest absolute Gasteiger partial charge is 0.441 e. The topological polar surface area (TPSA) is 61.3 Å². The zero-order valence-electron chi connectivity index (χ0n) is 7.09. The van der Waals surface area contributed by atoms with Gasteiger partial charge in [0.15, 0.2) is 5.88 Å². The van der Waals surface area contributed by atoms with Crippen LogP contribution in [0, 0.1) is 0 Å². The van der Waals surface area contributed by atoms with Crippen LogP contribution in [0.3, 0.4) is 0 Å². The van der Waals surface area contributed by atoms with Crippen molar-refractivity contribution in [1.82, 2.24) is 0 Å². The lowest BCUT2D eigenvalue weighted by Gasteiger charge is -2.08. The molecule has 0 aliphatic heterocycles. The molecule has 0 heterocycles. The van der Waals surface area contributed by atoms with Gasteiger partial charge in [-0.25, -0.2) is 0 Å². The van der Waals surface area contributed by atoms with Crippen LogP contribution in [-0.2, 0) is 6.54 Å². The summed E-state index contributed by atoms with van der Waals surface area (Å²) in [5, 5.41) is 0.483. The second-order valence-electron chi connectivity index (χ2n) is 2.50. The van der Waals surface area contributed by atoms with Gasteiger partial charge in [-0.05, 0) is 18.2 Å². The molecule has 0 aliphatic rings. The fourth-order valence-electron chi connectivity index (χ4n) is 0.934. The molecule has 0 bridgehead atoms. The molecule has 4 heteroatoms. The van der Waals surface area contributed by atoms with Crippen molar-refractivity contribution in [3.63, 3.8) is 0 Å². The van der Waals surface area contributed by atoms with E-state index in [-0.39, 0.29) is 5.88 Å². The molecular weight excluding hydrogens is 188 g/mol. The molecule has 0 spiro atoms. The van der Waals surface area contributed by atoms with Gasteiger partial charge in [-0.1, -0.05) is 23.7 Å². The van der Waals surface area contributed by atoms with Gasteiger partial charge in [-0.2, -0.15) is 0 Å². The monoisotopic (exact) mass is 198 g/mol. The van der Waals surface area contributed by atoms with Crippen molar-refractivity contribution in [2.45, 2.75) is 6.54 Å². The zero-order chi connectivity index (χ0) is 9.84. The van der Waals surface area contributed by atoms with E-state index in [1.807, 2.05) is 6.07 Å². The number of rotatable bonds is 3. The second-order valence-corrected chi connectivity index (χ2v) is 2.88. The highest BCUT2D eigenvalue weighted by molar-refractivity contribution is 6.32. The van der Waals surface area contributed by atoms with Gasteiger partial charge >= 0.3 is 0 Å². The molecule has 0 amide bonds. The number of nitrogens with two attached hydrogens (primary N) is 2. The van der Waals surface area contributed by atoms with E-state index >= 15 is 0 Å². The van der Waals surface area contributed by atoms with Crippen LogP contribution in [-0.4, -0.2) is 0 Å². The summed E-state index contributed by atoms with van der Waals surface area (Å²) in [6, 6.07) is 5.33. The minimum atomic E-state index is 0.107. The van der Waals surface area contributed by atoms with E-state index in [2.05, 4.69) is 6.58 Å². The lowest BCUT2D eigenvalue weighted by atomic mass is 10.2. The maximum absolute atomic E-state index is 5.95. The third kappa shape index (κ3) is 2.37. The Bertz CT molecular complexity index is 325. The first-order chi connectivity index (χ1) is 6.15. The Morgan fingerprint density at radius 2 is 2.23 bits per heavy atom. The number of benzene rings is 1. The third-order valence-electron chi connectivity index (χ3n) is 1.50. The summed E-state index contributed by atoms with van der Waals surface area (Å²) < 4.78 is 5.08. The van der Waals surface area contributed by atoms with Gasteiger partial charge in [0.2, 0.25) is 0 Å². The summed E-state index contributed by atoms with van der Waals surface area (Å²) in [7, 11) is 0. The zero-order valence-corrected chi connectivity index (χ0v) is 7.84. The summed E-state index contributed by atoms with van der Waals surface area (Å²) in [5.41, 5.74) is 11.6. The normalized spacial score (nSPS) is 9.69. The van der Waals surface area contributed by atoms with Gasteiger partial charge in [0.25, 0.3) is 0 Å². The van der Waals surface area contributed by atoms with Crippen molar-refractivity contribution in [2.75, 3.05) is 0 Å². The number of halogens is 1. The molecule has 13 heavy (non-hydrogen) atoms. The van der Waals surface area contributed by atoms with E-state index in [0.29, 0.717) is 17.3 Å². The number of ether oxygens (including phenoxy) is 1. The average molecular weight is 199 g/mol. The van der Waals surface area contributed by atoms with Crippen molar-refractivity contribution in [1.29, 1.82) is 0 Å². The predicted octanol–water partition coefficient (Wildman–Crippen LogP) is 1.61. The van der Waals surface area contributed by atoms with E-state index in [1.54, 1.807) is 12.1 Å². The first-order valence-electron chi connectivity index (χ1n) is 3.75. The summed E-state index contributed by atoms with van der Waals surface area (Å²) in [4.78, 5) is 0. The molecule has 0 saturated heterocycles. The molecule has 0 aromatic heterocycles. The Hall–Kier alpha value is -1.19. The van der Waals surface area contributed by atoms with Gasteiger partial charge < -0.3 is 16.2 Å². The summed E-state index contributed by atoms with van der Waals surface area (Å²) >= 11 is 5.95. The molecule has 0 aliphatic carbocycles. The molecule has 0 fully saturated rings. The molecule has 3 nitrogen and oxygen atoms in total. The Morgan fingerprint density at radius 1 is 1.54 bits per heavy atom. The number of hydrogen-bond donors (Lipinski definition) is 2. The van der Waals surface area contributed by atoms with E-state index in [0.717, 1.165) is 5.56 Å². The number of hydrogen-bond acceptors (Lipinski definition) is 3. The van der Waals surface area contributed by atoms with Gasteiger partial charge in [0, 0.05) is 6.54 Å². The molecule has 0 radical (unpaired) electrons. The van der Waals surface area contributed by atoms with Crippen molar-refractivity contribution in [2.24, 2.45) is 11.5 Å². The molecule has 4 N–H and O–H groups in total. The molecular formula is C9H11ClN2O. The standard InChI is InChI=1S/C9H11ClN2O/c1-6(12)13-8-4-2-3-7(5-11)9(8)10/h2-4H,1,5,11-12H2. The smallest absolute Gasteiger partial charge is 0.183 e. The molecule has 70 valence electrons. The fraction of sp³-hybridized carbons (Fsp3) is 0.111. The Labute approximate surface area is 81.9 Å². The average Bonchev–Trinajstić information content (AvgIpc) is 2.08. The molecule has 0 unspecified atom stereocenters. The Morgan fingerprint density at radius 3 is 2.77 bits per heavy atom. The highest BCUT2D eigenvalue weighted by Gasteiger charge is 2.05.